The molecule has 0 spiro atoms. The van der Waals surface area contributed by atoms with Crippen LogP contribution in [0.4, 0.5) is 5.69 Å². The molecule has 206 valence electrons. The van der Waals surface area contributed by atoms with E-state index in [1.54, 1.807) is 43.3 Å². The highest BCUT2D eigenvalue weighted by Crippen LogP contribution is 2.65. The number of phenolic OH excluding ortho intramolecular Hbond substituents is 1. The van der Waals surface area contributed by atoms with Gasteiger partial charge in [-0.05, 0) is 74.1 Å². The Balaban J connectivity index is 1.48. The van der Waals surface area contributed by atoms with Gasteiger partial charge in [0.15, 0.2) is 15.5 Å². The molecule has 2 aromatic carbocycles. The first-order valence-electron chi connectivity index (χ1n) is 13.0. The van der Waals surface area contributed by atoms with Crippen molar-refractivity contribution in [2.75, 3.05) is 11.9 Å². The molecule has 1 N–H and O–H groups in total. The van der Waals surface area contributed by atoms with E-state index in [-0.39, 0.29) is 30.3 Å². The molecule has 4 aliphatic rings. The summed E-state index contributed by atoms with van der Waals surface area (Å²) >= 11 is 14.3. The summed E-state index contributed by atoms with van der Waals surface area (Å²) in [4.78, 5) is 64.8. The van der Waals surface area contributed by atoms with Gasteiger partial charge < -0.3 is 5.11 Å². The van der Waals surface area contributed by atoms with E-state index in [0.29, 0.717) is 28.0 Å². The number of aryl methyl sites for hydroxylation is 1. The van der Waals surface area contributed by atoms with Crippen LogP contribution >= 0.6 is 23.2 Å². The summed E-state index contributed by atoms with van der Waals surface area (Å²) in [5.41, 5.74) is 2.63. The van der Waals surface area contributed by atoms with Crippen LogP contribution in [0.15, 0.2) is 54.1 Å². The number of anilines is 1. The van der Waals surface area contributed by atoms with Crippen LogP contribution in [0.1, 0.15) is 47.2 Å². The minimum absolute atomic E-state index is 0.0588. The zero-order valence-corrected chi connectivity index (χ0v) is 23.5. The number of fused-ring (bicyclic) bond motifs is 4. The molecule has 10 heteroatoms. The van der Waals surface area contributed by atoms with Gasteiger partial charge in [-0.15, -0.1) is 23.2 Å². The van der Waals surface area contributed by atoms with Crippen molar-refractivity contribution >= 4 is 58.3 Å². The fraction of sp³-hybridized carbons (Fsp3) is 0.367. The SMILES string of the molecule is CC(=O)c1ccc(N2C(=O)[C@H]3[C@H](CC=C4[C@H]3C[C@@]3(Cl)C(=O)N(C)C(=O)[C@@]3(Cl)[C@H]4c3ccc(O)c(C)c3)C2=O)cc1. The molecule has 2 aliphatic carbocycles. The maximum absolute atomic E-state index is 14.0. The quantitative estimate of drug-likeness (QED) is 0.253. The molecule has 4 amide bonds. The lowest BCUT2D eigenvalue weighted by Gasteiger charge is -2.50. The Morgan fingerprint density at radius 1 is 0.975 bits per heavy atom. The minimum Gasteiger partial charge on any atom is -0.508 e. The van der Waals surface area contributed by atoms with Crippen molar-refractivity contribution in [3.63, 3.8) is 0 Å². The monoisotopic (exact) mass is 580 g/mol. The highest BCUT2D eigenvalue weighted by Gasteiger charge is 2.75. The zero-order chi connectivity index (χ0) is 28.9. The lowest BCUT2D eigenvalue weighted by Crippen LogP contribution is -2.60. The van der Waals surface area contributed by atoms with Crippen molar-refractivity contribution in [2.24, 2.45) is 17.8 Å². The van der Waals surface area contributed by atoms with E-state index in [1.807, 2.05) is 6.08 Å². The molecular weight excluding hydrogens is 555 g/mol. The van der Waals surface area contributed by atoms with Crippen molar-refractivity contribution in [3.8, 4) is 5.75 Å². The van der Waals surface area contributed by atoms with Gasteiger partial charge in [0.05, 0.1) is 17.5 Å². The lowest BCUT2D eigenvalue weighted by molar-refractivity contribution is -0.138. The standard InChI is InChI=1S/C30H26Cl2N2O6/c1-14-12-17(6-11-22(14)36)24-19-9-10-20-23(21(19)13-29(31)27(39)33(3)28(40)30(24,29)32)26(38)34(25(20)37)18-7-4-16(5-8-18)15(2)35/h4-9,11-12,20-21,23-24,36H,10,13H2,1-3H3/t20-,21+,23-,24-,29+,30-/m0/s1. The average Bonchev–Trinajstić information content (AvgIpc) is 3.25. The van der Waals surface area contributed by atoms with E-state index in [0.717, 1.165) is 9.80 Å². The van der Waals surface area contributed by atoms with E-state index < -0.39 is 51.1 Å². The molecule has 2 saturated heterocycles. The molecule has 0 radical (unpaired) electrons. The van der Waals surface area contributed by atoms with Gasteiger partial charge in [-0.1, -0.05) is 23.8 Å². The van der Waals surface area contributed by atoms with Gasteiger partial charge in [0.1, 0.15) is 5.75 Å². The van der Waals surface area contributed by atoms with E-state index in [9.17, 15) is 29.1 Å². The highest BCUT2D eigenvalue weighted by atomic mass is 35.5. The first-order chi connectivity index (χ1) is 18.8. The van der Waals surface area contributed by atoms with Crippen LogP contribution < -0.4 is 4.90 Å². The summed E-state index contributed by atoms with van der Waals surface area (Å²) in [5, 5.41) is 10.2. The second-order valence-corrected chi connectivity index (χ2v) is 12.4. The number of Topliss-reactive ketones (excluding diaryl/α,β-unsaturated/α-hetero) is 1. The number of likely N-dealkylation sites (tertiary alicyclic amines) is 1. The maximum atomic E-state index is 14.0. The highest BCUT2D eigenvalue weighted by molar-refractivity contribution is 6.53. The molecule has 0 aromatic heterocycles. The Labute approximate surface area is 240 Å². The predicted molar refractivity (Wildman–Crippen MR) is 147 cm³/mol. The van der Waals surface area contributed by atoms with Crippen molar-refractivity contribution < 1.29 is 29.1 Å². The topological polar surface area (TPSA) is 112 Å². The van der Waals surface area contributed by atoms with Gasteiger partial charge in [-0.3, -0.25) is 33.8 Å². The lowest BCUT2D eigenvalue weighted by atomic mass is 9.56. The van der Waals surface area contributed by atoms with E-state index in [2.05, 4.69) is 0 Å². The number of hydrogen-bond donors (Lipinski definition) is 1. The Morgan fingerprint density at radius 3 is 2.27 bits per heavy atom. The first-order valence-corrected chi connectivity index (χ1v) is 13.8. The van der Waals surface area contributed by atoms with Crippen molar-refractivity contribution in [3.05, 3.63) is 70.8 Å². The maximum Gasteiger partial charge on any atom is 0.253 e. The number of allylic oxidation sites excluding steroid dienone is 2. The third-order valence-electron chi connectivity index (χ3n) is 9.10. The molecule has 3 fully saturated rings. The number of phenols is 1. The third kappa shape index (κ3) is 3.29. The number of aromatic hydroxyl groups is 1. The summed E-state index contributed by atoms with van der Waals surface area (Å²) in [6, 6.07) is 11.1. The van der Waals surface area contributed by atoms with Crippen LogP contribution in [0.2, 0.25) is 0 Å². The molecule has 0 unspecified atom stereocenters. The van der Waals surface area contributed by atoms with Crippen LogP contribution in [0.25, 0.3) is 0 Å². The van der Waals surface area contributed by atoms with Crippen LogP contribution in [-0.2, 0) is 19.2 Å². The second kappa shape index (κ2) is 8.75. The molecule has 6 atom stereocenters. The number of carbonyl (C=O) groups is 5. The second-order valence-electron chi connectivity index (χ2n) is 11.2. The van der Waals surface area contributed by atoms with Gasteiger partial charge in [-0.25, -0.2) is 0 Å². The van der Waals surface area contributed by atoms with Gasteiger partial charge in [0, 0.05) is 18.5 Å². The Hall–Kier alpha value is -3.49. The Bertz CT molecular complexity index is 1570. The molecule has 6 rings (SSSR count). The van der Waals surface area contributed by atoms with E-state index >= 15 is 0 Å². The largest absolute Gasteiger partial charge is 0.508 e. The number of nitrogens with zero attached hydrogens (tertiary/aromatic N) is 2. The van der Waals surface area contributed by atoms with Gasteiger partial charge in [0.2, 0.25) is 11.8 Å². The predicted octanol–water partition coefficient (Wildman–Crippen LogP) is 4.10. The molecule has 2 aromatic rings. The number of hydrogen-bond acceptors (Lipinski definition) is 6. The fourth-order valence-corrected chi connectivity index (χ4v) is 8.10. The van der Waals surface area contributed by atoms with Gasteiger partial charge in [-0.2, -0.15) is 0 Å². The Kier molecular flexibility index (Phi) is 5.85. The number of ketones is 1. The van der Waals surface area contributed by atoms with Crippen LogP contribution in [0.3, 0.4) is 0 Å². The minimum atomic E-state index is -1.87. The van der Waals surface area contributed by atoms with Crippen molar-refractivity contribution in [1.29, 1.82) is 0 Å². The number of alkyl halides is 2. The van der Waals surface area contributed by atoms with Gasteiger partial charge >= 0.3 is 0 Å². The third-order valence-corrected chi connectivity index (χ3v) is 10.5. The molecular formula is C30H26Cl2N2O6. The smallest absolute Gasteiger partial charge is 0.253 e. The van der Waals surface area contributed by atoms with Crippen LogP contribution in [-0.4, -0.2) is 56.2 Å². The molecule has 1 saturated carbocycles. The average molecular weight is 581 g/mol. The number of amides is 4. The van der Waals surface area contributed by atoms with Crippen LogP contribution in [0.5, 0.6) is 5.75 Å². The van der Waals surface area contributed by atoms with E-state index in [4.69, 9.17) is 23.2 Å². The normalized spacial score (nSPS) is 33.1. The zero-order valence-electron chi connectivity index (χ0n) is 22.0. The molecule has 8 nitrogen and oxygen atoms in total. The molecule has 40 heavy (non-hydrogen) atoms. The first kappa shape index (κ1) is 26.7. The summed E-state index contributed by atoms with van der Waals surface area (Å²) in [6.07, 6.45) is 2.02. The molecule has 2 aliphatic heterocycles. The van der Waals surface area contributed by atoms with E-state index in [1.165, 1.54) is 20.0 Å². The fourth-order valence-electron chi connectivity index (χ4n) is 7.08. The number of rotatable bonds is 3. The number of imide groups is 2. The van der Waals surface area contributed by atoms with Crippen molar-refractivity contribution in [2.45, 2.75) is 42.4 Å². The van der Waals surface area contributed by atoms with Crippen LogP contribution in [0, 0.1) is 24.7 Å². The van der Waals surface area contributed by atoms with Gasteiger partial charge in [0.25, 0.3) is 11.8 Å². The van der Waals surface area contributed by atoms with Crippen molar-refractivity contribution in [1.82, 2.24) is 4.90 Å². The summed E-state index contributed by atoms with van der Waals surface area (Å²) in [7, 11) is 1.34. The summed E-state index contributed by atoms with van der Waals surface area (Å²) < 4.78 is 0. The number of benzene rings is 2. The number of carbonyl (C=O) groups excluding carboxylic acids is 5. The summed E-state index contributed by atoms with van der Waals surface area (Å²) in [5.74, 6) is -5.15. The molecule has 2 heterocycles. The number of halogens is 2. The molecule has 0 bridgehead atoms. The Morgan fingerprint density at radius 2 is 1.65 bits per heavy atom. The summed E-state index contributed by atoms with van der Waals surface area (Å²) in [6.45, 7) is 3.14.